The van der Waals surface area contributed by atoms with E-state index in [9.17, 15) is 9.59 Å². The molecule has 3 aromatic carbocycles. The average molecular weight is 549 g/mol. The molecule has 0 aromatic heterocycles. The summed E-state index contributed by atoms with van der Waals surface area (Å²) >= 11 is 1.62. The third kappa shape index (κ3) is 9.24. The van der Waals surface area contributed by atoms with Crippen molar-refractivity contribution < 1.29 is 19.2 Å². The van der Waals surface area contributed by atoms with Crippen LogP contribution in [0.4, 0.5) is 0 Å². The number of methoxy groups -OCH3 is 1. The Labute approximate surface area is 237 Å². The summed E-state index contributed by atoms with van der Waals surface area (Å²) in [5.74, 6) is 0.00768. The Morgan fingerprint density at radius 3 is 2.41 bits per heavy atom. The minimum atomic E-state index is -0.699. The number of hydrogen-bond donors (Lipinski definition) is 1. The van der Waals surface area contributed by atoms with Gasteiger partial charge < -0.3 is 10.1 Å². The summed E-state index contributed by atoms with van der Waals surface area (Å²) in [4.78, 5) is 32.1. The summed E-state index contributed by atoms with van der Waals surface area (Å²) in [6.07, 6.45) is 4.56. The van der Waals surface area contributed by atoms with E-state index in [1.165, 1.54) is 7.11 Å². The molecular weight excluding hydrogens is 508 g/mol. The number of benzene rings is 3. The summed E-state index contributed by atoms with van der Waals surface area (Å²) in [6.45, 7) is 6.10. The Bertz CT molecular complexity index is 1200. The van der Waals surface area contributed by atoms with Gasteiger partial charge in [-0.05, 0) is 71.7 Å². The van der Waals surface area contributed by atoms with E-state index in [0.717, 1.165) is 53.0 Å². The molecular formula is C32H40N2O4S. The van der Waals surface area contributed by atoms with E-state index in [2.05, 4.69) is 30.4 Å². The van der Waals surface area contributed by atoms with Gasteiger partial charge in [0, 0.05) is 18.7 Å². The van der Waals surface area contributed by atoms with E-state index >= 15 is 0 Å². The van der Waals surface area contributed by atoms with Gasteiger partial charge in [-0.1, -0.05) is 74.0 Å². The van der Waals surface area contributed by atoms with Crippen molar-refractivity contribution in [3.8, 4) is 11.1 Å². The van der Waals surface area contributed by atoms with Crippen molar-refractivity contribution in [3.05, 3.63) is 95.1 Å². The van der Waals surface area contributed by atoms with Crippen molar-refractivity contribution in [2.75, 3.05) is 25.7 Å². The first kappa shape index (κ1) is 30.4. The summed E-state index contributed by atoms with van der Waals surface area (Å²) in [7, 11) is 1.35. The monoisotopic (exact) mass is 548 g/mol. The Morgan fingerprint density at radius 1 is 0.974 bits per heavy atom. The molecule has 3 aromatic rings. The lowest BCUT2D eigenvalue weighted by Gasteiger charge is -2.23. The van der Waals surface area contributed by atoms with Gasteiger partial charge in [-0.15, -0.1) is 0 Å². The number of thioether (sulfide) groups is 1. The first-order valence-electron chi connectivity index (χ1n) is 13.4. The molecule has 39 heavy (non-hydrogen) atoms. The van der Waals surface area contributed by atoms with Gasteiger partial charge in [-0.3, -0.25) is 9.63 Å². The number of nitrogens with one attached hydrogen (secondary N) is 1. The van der Waals surface area contributed by atoms with E-state index in [1.54, 1.807) is 11.8 Å². The van der Waals surface area contributed by atoms with E-state index in [4.69, 9.17) is 9.57 Å². The number of rotatable bonds is 15. The molecule has 0 aliphatic carbocycles. The van der Waals surface area contributed by atoms with E-state index in [0.29, 0.717) is 25.1 Å². The van der Waals surface area contributed by atoms with Crippen LogP contribution < -0.4 is 5.32 Å². The fraction of sp³-hybridized carbons (Fsp3) is 0.375. The number of amides is 1. The highest BCUT2D eigenvalue weighted by Crippen LogP contribution is 2.29. The fourth-order valence-electron chi connectivity index (χ4n) is 4.32. The lowest BCUT2D eigenvalue weighted by Crippen LogP contribution is -2.42. The molecule has 0 bridgehead atoms. The number of ether oxygens (including phenoxy) is 1. The van der Waals surface area contributed by atoms with Crippen molar-refractivity contribution in [1.29, 1.82) is 0 Å². The van der Waals surface area contributed by atoms with Crippen LogP contribution in [0.15, 0.2) is 72.8 Å². The average Bonchev–Trinajstić information content (AvgIpc) is 2.96. The summed E-state index contributed by atoms with van der Waals surface area (Å²) in [5, 5.41) is 4.92. The largest absolute Gasteiger partial charge is 0.467 e. The minimum absolute atomic E-state index is 0.292. The predicted molar refractivity (Wildman–Crippen MR) is 159 cm³/mol. The van der Waals surface area contributed by atoms with Crippen LogP contribution in [0.25, 0.3) is 11.1 Å². The number of unbranched alkanes of at least 4 members (excludes halogenated alkanes) is 1. The van der Waals surface area contributed by atoms with Gasteiger partial charge in [-0.25, -0.2) is 4.79 Å². The fourth-order valence-corrected chi connectivity index (χ4v) is 4.79. The van der Waals surface area contributed by atoms with Crippen LogP contribution in [0.5, 0.6) is 0 Å². The molecule has 0 spiro atoms. The van der Waals surface area contributed by atoms with Crippen LogP contribution in [0.1, 0.15) is 53.2 Å². The van der Waals surface area contributed by atoms with Crippen molar-refractivity contribution in [3.63, 3.8) is 0 Å². The SMILES string of the molecule is CCCCN(Cc1ccc(C(=O)NC(CCSC)C(=O)OC)c(-c2ccccc2C)c1)OCc1ccccc1. The molecule has 0 fully saturated rings. The van der Waals surface area contributed by atoms with Crippen molar-refractivity contribution in [2.24, 2.45) is 0 Å². The number of esters is 1. The van der Waals surface area contributed by atoms with Crippen molar-refractivity contribution >= 4 is 23.6 Å². The summed E-state index contributed by atoms with van der Waals surface area (Å²) in [6, 6.07) is 23.4. The number of carbonyl (C=O) groups is 2. The zero-order valence-corrected chi connectivity index (χ0v) is 24.3. The van der Waals surface area contributed by atoms with Crippen molar-refractivity contribution in [1.82, 2.24) is 10.4 Å². The molecule has 6 nitrogen and oxygen atoms in total. The van der Waals surface area contributed by atoms with E-state index in [-0.39, 0.29) is 5.91 Å². The molecule has 1 N–H and O–H groups in total. The standard InChI is InChI=1S/C32H40N2O4S/c1-5-6-19-34(38-23-25-13-8-7-9-14-25)22-26-16-17-28(29(21-26)27-15-11-10-12-24(27)2)31(35)33-30(18-20-39-4)32(36)37-3/h7-17,21,30H,5-6,18-20,22-23H2,1-4H3,(H,33,35). The smallest absolute Gasteiger partial charge is 0.328 e. The Hall–Kier alpha value is -3.13. The molecule has 0 radical (unpaired) electrons. The highest BCUT2D eigenvalue weighted by molar-refractivity contribution is 7.98. The molecule has 3 rings (SSSR count). The van der Waals surface area contributed by atoms with Crippen LogP contribution in [0.2, 0.25) is 0 Å². The normalized spacial score (nSPS) is 11.8. The van der Waals surface area contributed by atoms with Gasteiger partial charge in [-0.2, -0.15) is 16.8 Å². The van der Waals surface area contributed by atoms with E-state index < -0.39 is 12.0 Å². The lowest BCUT2D eigenvalue weighted by molar-refractivity contribution is -0.177. The molecule has 0 saturated carbocycles. The maximum Gasteiger partial charge on any atom is 0.328 e. The van der Waals surface area contributed by atoms with Crippen molar-refractivity contribution in [2.45, 2.75) is 52.3 Å². The Balaban J connectivity index is 1.90. The third-order valence-corrected chi connectivity index (χ3v) is 7.19. The molecule has 1 unspecified atom stereocenters. The molecule has 0 aliphatic rings. The first-order valence-corrected chi connectivity index (χ1v) is 14.8. The number of hydrogen-bond acceptors (Lipinski definition) is 6. The second-order valence-electron chi connectivity index (χ2n) is 9.50. The second-order valence-corrected chi connectivity index (χ2v) is 10.5. The summed E-state index contributed by atoms with van der Waals surface area (Å²) in [5.41, 5.74) is 5.56. The summed E-state index contributed by atoms with van der Waals surface area (Å²) < 4.78 is 4.95. The quantitative estimate of drug-likeness (QED) is 0.175. The Morgan fingerprint density at radius 2 is 1.72 bits per heavy atom. The zero-order valence-electron chi connectivity index (χ0n) is 23.4. The molecule has 0 aliphatic heterocycles. The zero-order chi connectivity index (χ0) is 28.0. The second kappa shape index (κ2) is 16.1. The van der Waals surface area contributed by atoms with Gasteiger partial charge in [0.25, 0.3) is 5.91 Å². The molecule has 0 heterocycles. The van der Waals surface area contributed by atoms with Crippen LogP contribution >= 0.6 is 11.8 Å². The molecule has 0 saturated heterocycles. The van der Waals surface area contributed by atoms with Gasteiger partial charge >= 0.3 is 5.97 Å². The molecule has 1 amide bonds. The van der Waals surface area contributed by atoms with E-state index in [1.807, 2.05) is 72.8 Å². The molecule has 208 valence electrons. The maximum atomic E-state index is 13.5. The topological polar surface area (TPSA) is 67.9 Å². The first-order chi connectivity index (χ1) is 19.0. The maximum absolute atomic E-state index is 13.5. The minimum Gasteiger partial charge on any atom is -0.467 e. The number of nitrogens with zero attached hydrogens (tertiary/aromatic N) is 1. The van der Waals surface area contributed by atoms with Crippen LogP contribution in [0.3, 0.4) is 0 Å². The lowest BCUT2D eigenvalue weighted by atomic mass is 9.93. The predicted octanol–water partition coefficient (Wildman–Crippen LogP) is 6.42. The van der Waals surface area contributed by atoms with Gasteiger partial charge in [0.15, 0.2) is 0 Å². The third-order valence-electron chi connectivity index (χ3n) is 6.54. The Kier molecular flexibility index (Phi) is 12.5. The highest BCUT2D eigenvalue weighted by atomic mass is 32.2. The number of aryl methyl sites for hydroxylation is 1. The van der Waals surface area contributed by atoms with Crippen LogP contribution in [-0.2, 0) is 27.5 Å². The molecule has 1 atom stereocenters. The number of carbonyl (C=O) groups excluding carboxylic acids is 2. The number of hydroxylamine groups is 2. The van der Waals surface area contributed by atoms with Crippen LogP contribution in [-0.4, -0.2) is 48.6 Å². The highest BCUT2D eigenvalue weighted by Gasteiger charge is 2.24. The molecule has 7 heteroatoms. The van der Waals surface area contributed by atoms with Gasteiger partial charge in [0.2, 0.25) is 0 Å². The van der Waals surface area contributed by atoms with Crippen LogP contribution in [0, 0.1) is 6.92 Å². The van der Waals surface area contributed by atoms with Gasteiger partial charge in [0.1, 0.15) is 6.04 Å². The van der Waals surface area contributed by atoms with Gasteiger partial charge in [0.05, 0.1) is 13.7 Å².